The van der Waals surface area contributed by atoms with E-state index in [0.717, 1.165) is 47.6 Å². The molecule has 0 aliphatic carbocycles. The number of hydrogen-bond acceptors (Lipinski definition) is 6. The molecule has 0 aliphatic rings. The third-order valence-electron chi connectivity index (χ3n) is 5.74. The van der Waals surface area contributed by atoms with Crippen LogP contribution in [-0.4, -0.2) is 36.5 Å². The first-order valence-corrected chi connectivity index (χ1v) is 12.5. The average molecular weight is 492 g/mol. The molecule has 35 heavy (non-hydrogen) atoms. The number of thiazole rings is 1. The average Bonchev–Trinajstić information content (AvgIpc) is 3.59. The van der Waals surface area contributed by atoms with Crippen LogP contribution in [0.25, 0.3) is 16.9 Å². The molecule has 4 N–H and O–H groups in total. The third kappa shape index (κ3) is 6.21. The van der Waals surface area contributed by atoms with Crippen LogP contribution in [0, 0.1) is 13.8 Å². The van der Waals surface area contributed by atoms with Crippen LogP contribution in [0.4, 0.5) is 0 Å². The van der Waals surface area contributed by atoms with Crippen molar-refractivity contribution in [2.45, 2.75) is 52.0 Å². The largest absolute Gasteiger partial charge is 0.370 e. The predicted octanol–water partition coefficient (Wildman–Crippen LogP) is 4.24. The number of nitrogens with zero attached hydrogens (tertiary/aromatic N) is 4. The van der Waals surface area contributed by atoms with Gasteiger partial charge in [-0.3, -0.25) is 14.6 Å². The van der Waals surface area contributed by atoms with Crippen molar-refractivity contribution in [2.24, 2.45) is 5.73 Å². The third-order valence-corrected chi connectivity index (χ3v) is 6.51. The van der Waals surface area contributed by atoms with E-state index in [1.165, 1.54) is 11.3 Å². The van der Waals surface area contributed by atoms with Crippen LogP contribution in [0.3, 0.4) is 0 Å². The monoisotopic (exact) mass is 491 g/mol. The van der Waals surface area contributed by atoms with Gasteiger partial charge < -0.3 is 16.0 Å². The molecule has 1 aromatic carbocycles. The molecule has 3 aromatic heterocycles. The number of aromatic nitrogens is 5. The van der Waals surface area contributed by atoms with Crippen LogP contribution >= 0.6 is 11.3 Å². The number of rotatable bonds is 11. The van der Waals surface area contributed by atoms with Crippen LogP contribution in [-0.2, 0) is 4.79 Å². The zero-order chi connectivity index (χ0) is 24.8. The van der Waals surface area contributed by atoms with Crippen molar-refractivity contribution in [2.75, 3.05) is 0 Å². The van der Waals surface area contributed by atoms with E-state index < -0.39 is 0 Å². The highest BCUT2D eigenvalue weighted by Crippen LogP contribution is 2.24. The van der Waals surface area contributed by atoms with Crippen molar-refractivity contribution in [3.05, 3.63) is 70.3 Å². The highest BCUT2D eigenvalue weighted by Gasteiger charge is 2.20. The maximum Gasteiger partial charge on any atom is 0.263 e. The minimum atomic E-state index is -0.292. The molecule has 0 unspecified atom stereocenters. The van der Waals surface area contributed by atoms with E-state index in [0.29, 0.717) is 23.5 Å². The highest BCUT2D eigenvalue weighted by atomic mass is 32.1. The SMILES string of the molecule is Cc1cc(C)n(-c2ccc(-c3cnc([C@H](CCCCCC(N)=O)NC(=O)c4cncs4)[nH]3)cc2)n1. The zero-order valence-electron chi connectivity index (χ0n) is 19.8. The second kappa shape index (κ2) is 11.1. The number of H-pyrrole nitrogens is 1. The Labute approximate surface area is 207 Å². The maximum atomic E-state index is 12.7. The number of amides is 2. The van der Waals surface area contributed by atoms with E-state index in [1.54, 1.807) is 17.9 Å². The molecule has 10 heteroatoms. The Kier molecular flexibility index (Phi) is 7.71. The molecule has 0 aliphatic heterocycles. The Morgan fingerprint density at radius 2 is 1.94 bits per heavy atom. The van der Waals surface area contributed by atoms with Crippen LogP contribution < -0.4 is 11.1 Å². The summed E-state index contributed by atoms with van der Waals surface area (Å²) < 4.78 is 1.92. The summed E-state index contributed by atoms with van der Waals surface area (Å²) in [6.07, 6.45) is 6.80. The van der Waals surface area contributed by atoms with Gasteiger partial charge in [0.05, 0.1) is 41.0 Å². The summed E-state index contributed by atoms with van der Waals surface area (Å²) in [4.78, 5) is 36.2. The van der Waals surface area contributed by atoms with Gasteiger partial charge >= 0.3 is 0 Å². The van der Waals surface area contributed by atoms with E-state index in [1.807, 2.05) is 48.9 Å². The fourth-order valence-electron chi connectivity index (χ4n) is 3.99. The number of nitrogens with two attached hydrogens (primary N) is 1. The summed E-state index contributed by atoms with van der Waals surface area (Å²) in [5.74, 6) is 0.219. The fourth-order valence-corrected chi connectivity index (χ4v) is 4.51. The lowest BCUT2D eigenvalue weighted by Gasteiger charge is -2.16. The van der Waals surface area contributed by atoms with Gasteiger partial charge in [-0.2, -0.15) is 5.10 Å². The minimum absolute atomic E-state index is 0.179. The molecule has 0 saturated carbocycles. The smallest absolute Gasteiger partial charge is 0.263 e. The van der Waals surface area contributed by atoms with Gasteiger partial charge in [0.15, 0.2) is 0 Å². The summed E-state index contributed by atoms with van der Waals surface area (Å²) in [6.45, 7) is 4.01. The van der Waals surface area contributed by atoms with E-state index >= 15 is 0 Å². The quantitative estimate of drug-likeness (QED) is 0.270. The zero-order valence-corrected chi connectivity index (χ0v) is 20.6. The van der Waals surface area contributed by atoms with Gasteiger partial charge in [0.1, 0.15) is 10.7 Å². The van der Waals surface area contributed by atoms with Crippen LogP contribution in [0.5, 0.6) is 0 Å². The number of primary amides is 1. The molecule has 3 heterocycles. The van der Waals surface area contributed by atoms with E-state index in [4.69, 9.17) is 5.73 Å². The van der Waals surface area contributed by atoms with Crippen molar-refractivity contribution >= 4 is 23.2 Å². The topological polar surface area (TPSA) is 132 Å². The van der Waals surface area contributed by atoms with Gasteiger partial charge in [-0.25, -0.2) is 9.67 Å². The van der Waals surface area contributed by atoms with Crippen LogP contribution in [0.1, 0.15) is 65.0 Å². The molecular weight excluding hydrogens is 462 g/mol. The Morgan fingerprint density at radius 1 is 1.14 bits per heavy atom. The Balaban J connectivity index is 1.48. The molecule has 2 amide bonds. The van der Waals surface area contributed by atoms with Crippen LogP contribution in [0.15, 0.2) is 48.2 Å². The van der Waals surface area contributed by atoms with Crippen LogP contribution in [0.2, 0.25) is 0 Å². The lowest BCUT2D eigenvalue weighted by Crippen LogP contribution is -2.28. The van der Waals surface area contributed by atoms with Gasteiger partial charge in [-0.1, -0.05) is 25.0 Å². The van der Waals surface area contributed by atoms with Gasteiger partial charge in [0, 0.05) is 12.1 Å². The number of aromatic amines is 1. The molecular formula is C25H29N7O2S. The molecule has 1 atom stereocenters. The second-order valence-electron chi connectivity index (χ2n) is 8.53. The number of unbranched alkanes of at least 4 members (excludes halogenated alkanes) is 2. The number of aryl methyl sites for hydroxylation is 2. The molecule has 9 nitrogen and oxygen atoms in total. The van der Waals surface area contributed by atoms with Gasteiger partial charge in [-0.15, -0.1) is 11.3 Å². The summed E-state index contributed by atoms with van der Waals surface area (Å²) in [7, 11) is 0. The molecule has 182 valence electrons. The van der Waals surface area contributed by atoms with E-state index in [-0.39, 0.29) is 17.9 Å². The number of imidazole rings is 1. The number of benzene rings is 1. The molecule has 0 saturated heterocycles. The van der Waals surface area contributed by atoms with Gasteiger partial charge in [-0.05, 0) is 50.5 Å². The lowest BCUT2D eigenvalue weighted by atomic mass is 10.1. The Bertz CT molecular complexity index is 1280. The first kappa shape index (κ1) is 24.3. The molecule has 4 rings (SSSR count). The summed E-state index contributed by atoms with van der Waals surface area (Å²) in [5.41, 5.74) is 11.8. The van der Waals surface area contributed by atoms with E-state index in [2.05, 4.69) is 25.4 Å². The molecule has 0 radical (unpaired) electrons. The first-order chi connectivity index (χ1) is 16.9. The van der Waals surface area contributed by atoms with Crippen molar-refractivity contribution in [1.82, 2.24) is 30.0 Å². The number of carbonyl (C=O) groups excluding carboxylic acids is 2. The standard InChI is InChI=1S/C25H29N7O2S/c1-16-12-17(2)32(31-16)19-10-8-18(9-11-19)21-13-28-24(29-21)20(6-4-3-5-7-23(26)33)30-25(34)22-14-27-15-35-22/h8-15,20H,3-7H2,1-2H3,(H2,26,33)(H,28,29)(H,30,34)/t20-/m0/s1. The summed E-state index contributed by atoms with van der Waals surface area (Å²) >= 11 is 1.30. The number of nitrogens with one attached hydrogen (secondary N) is 2. The number of carbonyl (C=O) groups is 2. The van der Waals surface area contributed by atoms with Crippen molar-refractivity contribution in [3.63, 3.8) is 0 Å². The second-order valence-corrected chi connectivity index (χ2v) is 9.41. The Morgan fingerprint density at radius 3 is 2.60 bits per heavy atom. The first-order valence-electron chi connectivity index (χ1n) is 11.6. The molecule has 0 spiro atoms. The van der Waals surface area contributed by atoms with Crippen molar-refractivity contribution < 1.29 is 9.59 Å². The maximum absolute atomic E-state index is 12.7. The summed E-state index contributed by atoms with van der Waals surface area (Å²) in [6, 6.07) is 9.86. The molecule has 0 fully saturated rings. The normalized spacial score (nSPS) is 11.9. The van der Waals surface area contributed by atoms with Gasteiger partial charge in [0.25, 0.3) is 5.91 Å². The van der Waals surface area contributed by atoms with E-state index in [9.17, 15) is 9.59 Å². The fraction of sp³-hybridized carbons (Fsp3) is 0.320. The summed E-state index contributed by atoms with van der Waals surface area (Å²) in [5, 5.41) is 7.61. The highest BCUT2D eigenvalue weighted by molar-refractivity contribution is 7.11. The lowest BCUT2D eigenvalue weighted by molar-refractivity contribution is -0.118. The molecule has 4 aromatic rings. The predicted molar refractivity (Wildman–Crippen MR) is 135 cm³/mol. The van der Waals surface area contributed by atoms with Crippen molar-refractivity contribution in [1.29, 1.82) is 0 Å². The Hall–Kier alpha value is -3.79. The number of hydrogen-bond donors (Lipinski definition) is 3. The van der Waals surface area contributed by atoms with Crippen molar-refractivity contribution in [3.8, 4) is 16.9 Å². The molecule has 0 bridgehead atoms. The van der Waals surface area contributed by atoms with Gasteiger partial charge in [0.2, 0.25) is 5.91 Å². The minimum Gasteiger partial charge on any atom is -0.370 e.